The number of hydroxylamine groups is 1. The van der Waals surface area contributed by atoms with E-state index in [2.05, 4.69) is 10.3 Å². The van der Waals surface area contributed by atoms with Gasteiger partial charge in [-0.05, 0) is 41.8 Å². The van der Waals surface area contributed by atoms with Crippen LogP contribution in [0.4, 0.5) is 5.69 Å². The summed E-state index contributed by atoms with van der Waals surface area (Å²) in [7, 11) is 0. The Morgan fingerprint density at radius 1 is 0.974 bits per heavy atom. The maximum absolute atomic E-state index is 12.3. The molecule has 0 saturated carbocycles. The van der Waals surface area contributed by atoms with Gasteiger partial charge < -0.3 is 19.9 Å². The Labute approximate surface area is 225 Å². The Bertz CT molecular complexity index is 1190. The Morgan fingerprint density at radius 2 is 1.79 bits per heavy atom. The van der Waals surface area contributed by atoms with Gasteiger partial charge in [0, 0.05) is 42.5 Å². The van der Waals surface area contributed by atoms with Gasteiger partial charge in [-0.2, -0.15) is 0 Å². The molecule has 1 saturated heterocycles. The molecule has 0 radical (unpaired) electrons. The fraction of sp³-hybridized carbons (Fsp3) is 0.321. The fourth-order valence-corrected chi connectivity index (χ4v) is 4.97. The first kappa shape index (κ1) is 27.7. The maximum Gasteiger partial charge on any atom is 0.243 e. The van der Waals surface area contributed by atoms with Crippen molar-refractivity contribution in [2.45, 2.75) is 55.8 Å². The van der Waals surface area contributed by atoms with Gasteiger partial charge in [0.25, 0.3) is 0 Å². The van der Waals surface area contributed by atoms with Gasteiger partial charge in [0.2, 0.25) is 11.8 Å². The van der Waals surface area contributed by atoms with Gasteiger partial charge in [-0.1, -0.05) is 42.5 Å². The van der Waals surface area contributed by atoms with Crippen LogP contribution in [0.3, 0.4) is 0 Å². The minimum atomic E-state index is -0.647. The number of ether oxygens (including phenoxy) is 2. The van der Waals surface area contributed by atoms with Crippen molar-refractivity contribution < 1.29 is 29.4 Å². The third kappa shape index (κ3) is 8.11. The number of aliphatic hydroxyl groups excluding tert-OH is 1. The molecular weight excluding hydrogens is 506 g/mol. The highest BCUT2D eigenvalue weighted by Gasteiger charge is 2.32. The Balaban J connectivity index is 1.46. The van der Waals surface area contributed by atoms with E-state index in [9.17, 15) is 14.7 Å². The predicted octanol–water partition coefficient (Wildman–Crippen LogP) is 4.53. The van der Waals surface area contributed by atoms with Crippen LogP contribution in [0.25, 0.3) is 0 Å². The summed E-state index contributed by atoms with van der Waals surface area (Å²) in [5.41, 5.74) is 4.76. The van der Waals surface area contributed by atoms with Crippen molar-refractivity contribution in [2.24, 2.45) is 0 Å². The number of anilines is 1. The van der Waals surface area contributed by atoms with E-state index < -0.39 is 12.2 Å². The second-order valence-electron chi connectivity index (χ2n) is 8.89. The first-order valence-electron chi connectivity index (χ1n) is 12.4. The molecule has 4 rings (SSSR count). The van der Waals surface area contributed by atoms with Crippen molar-refractivity contribution in [3.63, 3.8) is 0 Å². The summed E-state index contributed by atoms with van der Waals surface area (Å²) in [4.78, 5) is 27.9. The van der Waals surface area contributed by atoms with E-state index in [4.69, 9.17) is 14.7 Å². The van der Waals surface area contributed by atoms with E-state index in [0.717, 1.165) is 21.7 Å². The first-order valence-corrected chi connectivity index (χ1v) is 13.4. The average molecular weight is 538 g/mol. The van der Waals surface area contributed by atoms with E-state index in [1.54, 1.807) is 29.5 Å². The minimum absolute atomic E-state index is 0.0198. The molecule has 1 aliphatic rings. The highest BCUT2D eigenvalue weighted by Crippen LogP contribution is 2.39. The molecule has 2 aromatic carbocycles. The van der Waals surface area contributed by atoms with Crippen LogP contribution < -0.4 is 10.8 Å². The smallest absolute Gasteiger partial charge is 0.243 e. The van der Waals surface area contributed by atoms with Crippen molar-refractivity contribution in [1.82, 2.24) is 10.5 Å². The number of hydrogen-bond acceptors (Lipinski definition) is 8. The molecule has 3 aromatic rings. The summed E-state index contributed by atoms with van der Waals surface area (Å²) in [5.74, 6) is -0.0625. The van der Waals surface area contributed by atoms with E-state index in [1.165, 1.54) is 0 Å². The maximum atomic E-state index is 12.3. The first-order chi connectivity index (χ1) is 18.5. The van der Waals surface area contributed by atoms with Crippen LogP contribution in [0, 0.1) is 0 Å². The zero-order valence-corrected chi connectivity index (χ0v) is 21.6. The number of amides is 2. The number of pyridine rings is 1. The van der Waals surface area contributed by atoms with Crippen molar-refractivity contribution in [3.05, 3.63) is 89.6 Å². The predicted molar refractivity (Wildman–Crippen MR) is 142 cm³/mol. The normalized spacial score (nSPS) is 19.1. The quantitative estimate of drug-likeness (QED) is 0.160. The van der Waals surface area contributed by atoms with Gasteiger partial charge >= 0.3 is 0 Å². The van der Waals surface area contributed by atoms with E-state index in [1.807, 2.05) is 60.7 Å². The molecule has 9 nitrogen and oxygen atoms in total. The molecule has 1 fully saturated rings. The minimum Gasteiger partial charge on any atom is -0.392 e. The average Bonchev–Trinajstić information content (AvgIpc) is 2.96. The molecule has 0 unspecified atom stereocenters. The van der Waals surface area contributed by atoms with Gasteiger partial charge in [-0.25, -0.2) is 10.5 Å². The summed E-state index contributed by atoms with van der Waals surface area (Å²) >= 11 is 1.62. The van der Waals surface area contributed by atoms with Crippen LogP contribution in [0.2, 0.25) is 0 Å². The molecule has 3 atom stereocenters. The third-order valence-corrected chi connectivity index (χ3v) is 7.12. The molecule has 0 bridgehead atoms. The van der Waals surface area contributed by atoms with Crippen LogP contribution in [-0.2, 0) is 25.7 Å². The highest BCUT2D eigenvalue weighted by atomic mass is 32.2. The number of benzene rings is 2. The summed E-state index contributed by atoms with van der Waals surface area (Å²) in [6, 6.07) is 20.8. The molecule has 4 N–H and O–H groups in total. The topological polar surface area (TPSA) is 130 Å². The molecule has 200 valence electrons. The number of thioether (sulfide) groups is 1. The number of carbonyl (C=O) groups is 2. The molecule has 1 aromatic heterocycles. The van der Waals surface area contributed by atoms with Gasteiger partial charge in [0.1, 0.15) is 0 Å². The number of aliphatic hydroxyl groups is 1. The summed E-state index contributed by atoms with van der Waals surface area (Å²) in [6.45, 7) is -0.0198. The second-order valence-corrected chi connectivity index (χ2v) is 9.93. The number of nitrogens with one attached hydrogen (secondary N) is 2. The van der Waals surface area contributed by atoms with Gasteiger partial charge in [0.05, 0.1) is 23.8 Å². The Hall–Kier alpha value is -3.28. The van der Waals surface area contributed by atoms with Crippen LogP contribution in [0.5, 0.6) is 0 Å². The highest BCUT2D eigenvalue weighted by molar-refractivity contribution is 7.99. The summed E-state index contributed by atoms with van der Waals surface area (Å²) in [6.07, 6.45) is 1.98. The lowest BCUT2D eigenvalue weighted by molar-refractivity contribution is -0.245. The molecule has 1 aliphatic heterocycles. The number of nitrogens with zero attached hydrogens (tertiary/aromatic N) is 1. The van der Waals surface area contributed by atoms with Crippen LogP contribution in [0.15, 0.2) is 78.0 Å². The van der Waals surface area contributed by atoms with Gasteiger partial charge in [-0.15, -0.1) is 11.8 Å². The third-order valence-electron chi connectivity index (χ3n) is 6.04. The number of hydrogen-bond donors (Lipinski definition) is 4. The Morgan fingerprint density at radius 3 is 2.53 bits per heavy atom. The van der Waals surface area contributed by atoms with Crippen LogP contribution >= 0.6 is 11.8 Å². The lowest BCUT2D eigenvalue weighted by Crippen LogP contribution is -2.31. The summed E-state index contributed by atoms with van der Waals surface area (Å²) < 4.78 is 12.8. The zero-order chi connectivity index (χ0) is 26.7. The van der Waals surface area contributed by atoms with Crippen molar-refractivity contribution in [3.8, 4) is 0 Å². The monoisotopic (exact) mass is 537 g/mol. The number of rotatable bonds is 11. The molecule has 2 heterocycles. The number of aromatic nitrogens is 1. The van der Waals surface area contributed by atoms with E-state index >= 15 is 0 Å². The lowest BCUT2D eigenvalue weighted by atomic mass is 10.0. The molecule has 0 spiro atoms. The largest absolute Gasteiger partial charge is 0.392 e. The van der Waals surface area contributed by atoms with E-state index in [-0.39, 0.29) is 37.6 Å². The lowest BCUT2D eigenvalue weighted by Gasteiger charge is -2.36. The fourth-order valence-electron chi connectivity index (χ4n) is 4.09. The van der Waals surface area contributed by atoms with Crippen molar-refractivity contribution >= 4 is 29.3 Å². The molecule has 0 aliphatic carbocycles. The summed E-state index contributed by atoms with van der Waals surface area (Å²) in [5, 5.41) is 21.7. The molecule has 10 heteroatoms. The van der Waals surface area contributed by atoms with Gasteiger partial charge in [0.15, 0.2) is 6.29 Å². The molecular formula is C28H31N3O6S. The SMILES string of the molecule is O=C(CCCC(=O)Nc1cccc([C@H]2O[C@@H](CSc3ccccn3)C[C@@H](c3ccc(CO)cc3)O2)c1)NO. The Kier molecular flexibility index (Phi) is 10.2. The van der Waals surface area contributed by atoms with Crippen molar-refractivity contribution in [2.75, 3.05) is 11.1 Å². The van der Waals surface area contributed by atoms with Gasteiger partial charge in [-0.3, -0.25) is 14.8 Å². The molecule has 2 amide bonds. The van der Waals surface area contributed by atoms with Crippen LogP contribution in [-0.4, -0.2) is 39.0 Å². The van der Waals surface area contributed by atoms with Crippen molar-refractivity contribution in [1.29, 1.82) is 0 Å². The number of carbonyl (C=O) groups excluding carboxylic acids is 2. The second kappa shape index (κ2) is 14.0. The van der Waals surface area contributed by atoms with E-state index in [0.29, 0.717) is 24.3 Å². The zero-order valence-electron chi connectivity index (χ0n) is 20.8. The van der Waals surface area contributed by atoms with Crippen LogP contribution in [0.1, 0.15) is 54.8 Å². The molecule has 38 heavy (non-hydrogen) atoms. The standard InChI is InChI=1S/C28H31N3O6S/c32-17-19-10-12-20(13-11-19)24-16-23(18-38-27-9-1-2-14-29-27)36-28(37-24)21-5-3-6-22(15-21)30-25(33)7-4-8-26(34)31-35/h1-3,5-6,9-15,23-24,28,32,35H,4,7-8,16-18H2,(H,30,33)(H,31,34)/t23-,24+,28+/m1/s1.